The van der Waals surface area contributed by atoms with Crippen molar-refractivity contribution < 1.29 is 8.83 Å². The van der Waals surface area contributed by atoms with Gasteiger partial charge in [-0.2, -0.15) is 0 Å². The van der Waals surface area contributed by atoms with Crippen LogP contribution in [0, 0.1) is 0 Å². The molecule has 11 rings (SSSR count). The Morgan fingerprint density at radius 1 is 0.580 bits per heavy atom. The summed E-state index contributed by atoms with van der Waals surface area (Å²) in [6.45, 7) is 0. The van der Waals surface area contributed by atoms with Gasteiger partial charge in [-0.25, -0.2) is 9.97 Å². The molecule has 5 aromatic carbocycles. The van der Waals surface area contributed by atoms with Gasteiger partial charge < -0.3 is 8.83 Å². The number of allylic oxidation sites excluding steroid dienone is 1. The molecule has 0 N–H and O–H groups in total. The summed E-state index contributed by atoms with van der Waals surface area (Å²) in [5.41, 5.74) is 15.5. The Kier molecular flexibility index (Phi) is 5.98. The zero-order valence-electron chi connectivity index (χ0n) is 27.7. The van der Waals surface area contributed by atoms with E-state index in [4.69, 9.17) is 18.8 Å². The molecule has 1 spiro atoms. The van der Waals surface area contributed by atoms with E-state index in [1.165, 1.54) is 70.9 Å². The van der Waals surface area contributed by atoms with Gasteiger partial charge in [-0.3, -0.25) is 0 Å². The van der Waals surface area contributed by atoms with Gasteiger partial charge in [0.2, 0.25) is 0 Å². The molecule has 3 aliphatic rings. The molecule has 240 valence electrons. The zero-order valence-corrected chi connectivity index (χ0v) is 27.7. The summed E-state index contributed by atoms with van der Waals surface area (Å²) in [5.74, 6) is 1.57. The molecule has 0 bridgehead atoms. The molecule has 0 saturated heterocycles. The van der Waals surface area contributed by atoms with Crippen LogP contribution in [0.15, 0.2) is 130 Å². The van der Waals surface area contributed by atoms with Gasteiger partial charge in [0.25, 0.3) is 0 Å². The van der Waals surface area contributed by atoms with Gasteiger partial charge in [-0.1, -0.05) is 122 Å². The van der Waals surface area contributed by atoms with E-state index in [2.05, 4.69) is 84.9 Å². The number of para-hydroxylation sites is 2. The lowest BCUT2D eigenvalue weighted by Gasteiger charge is -2.36. The first-order valence-corrected chi connectivity index (χ1v) is 18.0. The van der Waals surface area contributed by atoms with Crippen LogP contribution in [0.3, 0.4) is 0 Å². The van der Waals surface area contributed by atoms with Crippen molar-refractivity contribution in [1.29, 1.82) is 0 Å². The summed E-state index contributed by atoms with van der Waals surface area (Å²) in [6, 6.07) is 41.2. The second-order valence-electron chi connectivity index (χ2n) is 14.2. The first-order chi connectivity index (χ1) is 24.8. The number of aromatic nitrogens is 2. The predicted octanol–water partition coefficient (Wildman–Crippen LogP) is 12.1. The van der Waals surface area contributed by atoms with Crippen LogP contribution in [-0.2, 0) is 11.8 Å². The van der Waals surface area contributed by atoms with E-state index in [1.807, 2.05) is 36.4 Å². The van der Waals surface area contributed by atoms with Crippen molar-refractivity contribution in [2.75, 3.05) is 0 Å². The minimum absolute atomic E-state index is 0.105. The Morgan fingerprint density at radius 3 is 2.28 bits per heavy atom. The summed E-state index contributed by atoms with van der Waals surface area (Å²) in [5, 5.41) is 2.17. The Balaban J connectivity index is 1.10. The average Bonchev–Trinajstić information content (AvgIpc) is 3.84. The highest BCUT2D eigenvalue weighted by Gasteiger charge is 2.43. The van der Waals surface area contributed by atoms with Gasteiger partial charge in [-0.15, -0.1) is 0 Å². The van der Waals surface area contributed by atoms with Gasteiger partial charge in [0, 0.05) is 38.5 Å². The summed E-state index contributed by atoms with van der Waals surface area (Å²) < 4.78 is 13.6. The van der Waals surface area contributed by atoms with Crippen molar-refractivity contribution in [2.24, 2.45) is 0 Å². The Bertz CT molecular complexity index is 2690. The third-order valence-electron chi connectivity index (χ3n) is 11.6. The first-order valence-electron chi connectivity index (χ1n) is 18.0. The zero-order chi connectivity index (χ0) is 32.8. The maximum Gasteiger partial charge on any atom is 0.180 e. The maximum atomic E-state index is 7.06. The number of rotatable bonds is 3. The van der Waals surface area contributed by atoms with Crippen molar-refractivity contribution in [3.05, 3.63) is 149 Å². The number of benzene rings is 5. The van der Waals surface area contributed by atoms with Gasteiger partial charge >= 0.3 is 0 Å². The molecule has 3 heterocycles. The third kappa shape index (κ3) is 3.93. The topological polar surface area (TPSA) is 52.1 Å². The van der Waals surface area contributed by atoms with Crippen LogP contribution < -0.4 is 0 Å². The Morgan fingerprint density at radius 2 is 1.36 bits per heavy atom. The van der Waals surface area contributed by atoms with E-state index < -0.39 is 0 Å². The fraction of sp³-hybridized carbons (Fsp3) is 0.174. The maximum absolute atomic E-state index is 7.06. The Labute approximate surface area is 290 Å². The van der Waals surface area contributed by atoms with Crippen molar-refractivity contribution >= 4 is 38.6 Å². The summed E-state index contributed by atoms with van der Waals surface area (Å²) in [7, 11) is 0. The molecule has 0 amide bonds. The highest BCUT2D eigenvalue weighted by molar-refractivity contribution is 6.08. The first kappa shape index (κ1) is 28.1. The molecule has 4 nitrogen and oxygen atoms in total. The van der Waals surface area contributed by atoms with E-state index in [9.17, 15) is 0 Å². The molecular weight excluding hydrogens is 613 g/mol. The van der Waals surface area contributed by atoms with Gasteiger partial charge in [-0.05, 0) is 71.7 Å². The summed E-state index contributed by atoms with van der Waals surface area (Å²) in [4.78, 5) is 10.3. The minimum Gasteiger partial charge on any atom is -0.455 e. The van der Waals surface area contributed by atoms with Crippen molar-refractivity contribution in [3.63, 3.8) is 0 Å². The predicted molar refractivity (Wildman–Crippen MR) is 201 cm³/mol. The number of furan rings is 2. The van der Waals surface area contributed by atoms with Crippen LogP contribution in [0.5, 0.6) is 0 Å². The number of aryl methyl sites for hydroxylation is 1. The molecular formula is C46H34N2O2. The molecule has 0 aliphatic heterocycles. The second kappa shape index (κ2) is 10.6. The van der Waals surface area contributed by atoms with Gasteiger partial charge in [0.1, 0.15) is 28.1 Å². The quantitative estimate of drug-likeness (QED) is 0.192. The van der Waals surface area contributed by atoms with E-state index in [1.54, 1.807) is 0 Å². The second-order valence-corrected chi connectivity index (χ2v) is 14.2. The standard InChI is InChI=1S/C46H34N2O2/c1-3-13-28(14-4-1)45-47-40-35-16-6-8-22-39(35)49-44(40)41(48-45)36-20-12-19-34-33-18-11-17-30(42(33)50-43(34)36)29-23-24-32-31-15-5-7-21-37(31)46(38(32)27-29)25-9-2-10-26-46/h1,3-8,11,13-18,20-24,27H,2,9-10,12,19,25-26H2. The van der Waals surface area contributed by atoms with Crippen molar-refractivity contribution in [3.8, 4) is 33.6 Å². The van der Waals surface area contributed by atoms with E-state index in [0.29, 0.717) is 11.4 Å². The lowest BCUT2D eigenvalue weighted by Crippen LogP contribution is -2.28. The van der Waals surface area contributed by atoms with E-state index in [0.717, 1.165) is 63.1 Å². The largest absolute Gasteiger partial charge is 0.455 e. The molecule has 8 aromatic rings. The van der Waals surface area contributed by atoms with Crippen molar-refractivity contribution in [1.82, 2.24) is 9.97 Å². The molecule has 4 heteroatoms. The van der Waals surface area contributed by atoms with Gasteiger partial charge in [0.05, 0.1) is 0 Å². The number of hydrogen-bond acceptors (Lipinski definition) is 4. The highest BCUT2D eigenvalue weighted by Crippen LogP contribution is 2.56. The van der Waals surface area contributed by atoms with Crippen LogP contribution >= 0.6 is 0 Å². The van der Waals surface area contributed by atoms with Crippen LogP contribution in [0.4, 0.5) is 0 Å². The van der Waals surface area contributed by atoms with E-state index in [-0.39, 0.29) is 5.41 Å². The van der Waals surface area contributed by atoms with Crippen LogP contribution in [0.2, 0.25) is 0 Å². The fourth-order valence-electron chi connectivity index (χ4n) is 9.33. The van der Waals surface area contributed by atoms with E-state index >= 15 is 0 Å². The molecule has 3 aliphatic carbocycles. The van der Waals surface area contributed by atoms with Crippen LogP contribution in [0.1, 0.15) is 66.7 Å². The smallest absolute Gasteiger partial charge is 0.180 e. The minimum atomic E-state index is 0.105. The molecule has 1 fully saturated rings. The Hall–Kier alpha value is -5.74. The van der Waals surface area contributed by atoms with Gasteiger partial charge in [0.15, 0.2) is 11.4 Å². The summed E-state index contributed by atoms with van der Waals surface area (Å²) in [6.07, 6.45) is 10.4. The molecule has 1 saturated carbocycles. The molecule has 3 aromatic heterocycles. The van der Waals surface area contributed by atoms with Crippen molar-refractivity contribution in [2.45, 2.75) is 50.4 Å². The molecule has 50 heavy (non-hydrogen) atoms. The lowest BCUT2D eigenvalue weighted by molar-refractivity contribution is 0.353. The number of hydrogen-bond donors (Lipinski definition) is 0. The number of nitrogens with zero attached hydrogens (tertiary/aromatic N) is 2. The number of fused-ring (bicyclic) bond motifs is 11. The third-order valence-corrected chi connectivity index (χ3v) is 11.6. The molecule has 0 atom stereocenters. The normalized spacial score (nSPS) is 16.1. The monoisotopic (exact) mass is 646 g/mol. The fourth-order valence-corrected chi connectivity index (χ4v) is 9.33. The molecule has 0 radical (unpaired) electrons. The summed E-state index contributed by atoms with van der Waals surface area (Å²) >= 11 is 0. The van der Waals surface area contributed by atoms with Crippen LogP contribution in [0.25, 0.3) is 72.3 Å². The van der Waals surface area contributed by atoms with Crippen LogP contribution in [-0.4, -0.2) is 9.97 Å². The average molecular weight is 647 g/mol. The highest BCUT2D eigenvalue weighted by atomic mass is 16.3. The SMILES string of the molecule is C1=C(c2nc(-c3ccccc3)nc3c2oc2ccccc23)c2oc3c(-c4ccc5c(c4)C4(CCCCC4)c4ccccc4-5)cccc3c2CC1. The lowest BCUT2D eigenvalue weighted by atomic mass is 9.67. The molecule has 0 unspecified atom stereocenters.